The van der Waals surface area contributed by atoms with E-state index in [1.165, 1.54) is 11.1 Å². The van der Waals surface area contributed by atoms with Gasteiger partial charge in [-0.2, -0.15) is 0 Å². The van der Waals surface area contributed by atoms with Gasteiger partial charge in [-0.3, -0.25) is 14.5 Å². The number of nitrogens with zero attached hydrogens (tertiary/aromatic N) is 2. The summed E-state index contributed by atoms with van der Waals surface area (Å²) < 4.78 is 6.10. The summed E-state index contributed by atoms with van der Waals surface area (Å²) in [4.78, 5) is 29.2. The number of piperidine rings is 1. The molecule has 0 saturated carbocycles. The van der Waals surface area contributed by atoms with Crippen LogP contribution in [0.1, 0.15) is 48.4 Å². The van der Waals surface area contributed by atoms with E-state index in [2.05, 4.69) is 22.3 Å². The number of hydrogen-bond acceptors (Lipinski definition) is 4. The van der Waals surface area contributed by atoms with Crippen molar-refractivity contribution in [2.75, 3.05) is 38.1 Å². The van der Waals surface area contributed by atoms with Crippen molar-refractivity contribution in [2.45, 2.75) is 43.6 Å². The smallest absolute Gasteiger partial charge is 0.235 e. The number of rotatable bonds is 4. The van der Waals surface area contributed by atoms with Crippen molar-refractivity contribution >= 4 is 29.1 Å². The van der Waals surface area contributed by atoms with Crippen molar-refractivity contribution in [3.8, 4) is 5.75 Å². The van der Waals surface area contributed by atoms with E-state index in [-0.39, 0.29) is 17.9 Å². The number of hydrogen-bond donors (Lipinski definition) is 1. The Balaban J connectivity index is 1.05. The minimum Gasteiger partial charge on any atom is -0.492 e. The molecule has 1 unspecified atom stereocenters. The molecule has 7 heteroatoms. The number of likely N-dealkylation sites (tertiary alicyclic amines) is 1. The van der Waals surface area contributed by atoms with Gasteiger partial charge in [0, 0.05) is 30.2 Å². The molecule has 4 heterocycles. The van der Waals surface area contributed by atoms with Crippen LogP contribution in [0.25, 0.3) is 0 Å². The lowest BCUT2D eigenvalue weighted by Crippen LogP contribution is -2.47. The molecule has 0 aromatic heterocycles. The van der Waals surface area contributed by atoms with Gasteiger partial charge in [-0.15, -0.1) is 0 Å². The summed E-state index contributed by atoms with van der Waals surface area (Å²) in [6.45, 7) is 3.99. The molecule has 6 nitrogen and oxygen atoms in total. The first-order chi connectivity index (χ1) is 16.0. The molecule has 2 amide bonds. The zero-order valence-corrected chi connectivity index (χ0v) is 19.4. The molecule has 1 spiro atoms. The van der Waals surface area contributed by atoms with E-state index >= 15 is 0 Å². The molecule has 1 atom stereocenters. The zero-order valence-electron chi connectivity index (χ0n) is 18.6. The van der Waals surface area contributed by atoms with Crippen LogP contribution in [-0.4, -0.2) is 54.4 Å². The van der Waals surface area contributed by atoms with E-state index in [9.17, 15) is 9.59 Å². The van der Waals surface area contributed by atoms with Crippen LogP contribution in [0.15, 0.2) is 36.4 Å². The van der Waals surface area contributed by atoms with Gasteiger partial charge >= 0.3 is 0 Å². The van der Waals surface area contributed by atoms with Gasteiger partial charge in [-0.25, -0.2) is 0 Å². The molecule has 2 aromatic rings. The highest BCUT2D eigenvalue weighted by molar-refractivity contribution is 6.31. The maximum atomic E-state index is 12.8. The first kappa shape index (κ1) is 21.0. The van der Waals surface area contributed by atoms with Crippen molar-refractivity contribution in [2.24, 2.45) is 0 Å². The summed E-state index contributed by atoms with van der Waals surface area (Å²) in [6, 6.07) is 12.3. The fourth-order valence-corrected chi connectivity index (χ4v) is 6.30. The van der Waals surface area contributed by atoms with Crippen LogP contribution in [0.4, 0.5) is 5.69 Å². The molecular weight excluding hydrogens is 438 g/mol. The monoisotopic (exact) mass is 465 g/mol. The van der Waals surface area contributed by atoms with Crippen molar-refractivity contribution in [3.63, 3.8) is 0 Å². The number of nitrogens with one attached hydrogen (secondary N) is 1. The quantitative estimate of drug-likeness (QED) is 0.743. The van der Waals surface area contributed by atoms with E-state index in [1.54, 1.807) is 0 Å². The van der Waals surface area contributed by atoms with Gasteiger partial charge in [0.1, 0.15) is 12.4 Å². The van der Waals surface area contributed by atoms with Gasteiger partial charge in [0.25, 0.3) is 0 Å². The maximum absolute atomic E-state index is 12.8. The summed E-state index contributed by atoms with van der Waals surface area (Å²) in [5.41, 5.74) is 4.10. The third-order valence-electron chi connectivity index (χ3n) is 7.99. The molecule has 4 aliphatic rings. The lowest BCUT2D eigenvalue weighted by molar-refractivity contribution is -0.129. The third kappa shape index (κ3) is 3.51. The average Bonchev–Trinajstić information content (AvgIpc) is 3.33. The highest BCUT2D eigenvalue weighted by Crippen LogP contribution is 2.46. The van der Waals surface area contributed by atoms with Gasteiger partial charge in [0.15, 0.2) is 0 Å². The Hall–Kier alpha value is -2.57. The van der Waals surface area contributed by atoms with E-state index in [0.717, 1.165) is 68.9 Å². The molecule has 2 fully saturated rings. The molecule has 0 bridgehead atoms. The fraction of sp³-hybridized carbons (Fsp3) is 0.462. The number of ether oxygens (including phenoxy) is 1. The van der Waals surface area contributed by atoms with E-state index < -0.39 is 5.41 Å². The summed E-state index contributed by atoms with van der Waals surface area (Å²) in [5, 5.41) is 3.72. The maximum Gasteiger partial charge on any atom is 0.235 e. The lowest BCUT2D eigenvalue weighted by atomic mass is 9.73. The molecule has 0 aliphatic carbocycles. The minimum atomic E-state index is -0.453. The van der Waals surface area contributed by atoms with Gasteiger partial charge in [0.05, 0.1) is 11.5 Å². The SMILES string of the molecule is O=C1CCC2c3ccc(OCCN4CCC5(CC4)C(=O)Nc4ccc(Cl)cc45)cc3CCN12. The summed E-state index contributed by atoms with van der Waals surface area (Å²) >= 11 is 6.22. The molecule has 33 heavy (non-hydrogen) atoms. The Bertz CT molecular complexity index is 1130. The molecule has 4 aliphatic heterocycles. The van der Waals surface area contributed by atoms with E-state index in [0.29, 0.717) is 18.1 Å². The van der Waals surface area contributed by atoms with Gasteiger partial charge in [0.2, 0.25) is 11.8 Å². The number of fused-ring (bicyclic) bond motifs is 5. The van der Waals surface area contributed by atoms with Crippen LogP contribution in [0.2, 0.25) is 5.02 Å². The molecule has 1 N–H and O–H groups in total. The topological polar surface area (TPSA) is 61.9 Å². The minimum absolute atomic E-state index is 0.104. The number of halogens is 1. The number of carbonyl (C=O) groups is 2. The molecule has 6 rings (SSSR count). The Morgan fingerprint density at radius 3 is 2.76 bits per heavy atom. The Morgan fingerprint density at radius 2 is 1.91 bits per heavy atom. The number of anilines is 1. The van der Waals surface area contributed by atoms with Crippen LogP contribution in [0, 0.1) is 0 Å². The molecule has 2 aromatic carbocycles. The second-order valence-electron chi connectivity index (χ2n) is 9.67. The summed E-state index contributed by atoms with van der Waals surface area (Å²) in [7, 11) is 0. The third-order valence-corrected chi connectivity index (χ3v) is 8.22. The molecule has 0 radical (unpaired) electrons. The van der Waals surface area contributed by atoms with E-state index in [1.807, 2.05) is 29.2 Å². The van der Waals surface area contributed by atoms with Gasteiger partial charge in [-0.05, 0) is 85.8 Å². The van der Waals surface area contributed by atoms with Crippen molar-refractivity contribution in [3.05, 3.63) is 58.1 Å². The van der Waals surface area contributed by atoms with E-state index in [4.69, 9.17) is 16.3 Å². The zero-order chi connectivity index (χ0) is 22.6. The van der Waals surface area contributed by atoms with Crippen LogP contribution < -0.4 is 10.1 Å². The second-order valence-corrected chi connectivity index (χ2v) is 10.1. The highest BCUT2D eigenvalue weighted by atomic mass is 35.5. The standard InChI is InChI=1S/C26H28ClN3O3/c27-18-1-4-22-21(16-18)26(25(32)28-22)8-11-29(12-9-26)13-14-33-19-2-3-20-17(15-19)7-10-30-23(20)5-6-24(30)31/h1-4,15-16,23H,5-14H2,(H,28,32). The molecule has 172 valence electrons. The molecule has 2 saturated heterocycles. The second kappa shape index (κ2) is 8.03. The normalized spacial score (nSPS) is 23.3. The van der Waals surface area contributed by atoms with Crippen molar-refractivity contribution in [1.29, 1.82) is 0 Å². The Labute approximate surface area is 198 Å². The Morgan fingerprint density at radius 1 is 1.06 bits per heavy atom. The van der Waals surface area contributed by atoms with Crippen molar-refractivity contribution < 1.29 is 14.3 Å². The van der Waals surface area contributed by atoms with Crippen LogP contribution >= 0.6 is 11.6 Å². The van der Waals surface area contributed by atoms with Crippen LogP contribution in [0.5, 0.6) is 5.75 Å². The van der Waals surface area contributed by atoms with Crippen LogP contribution in [-0.2, 0) is 21.4 Å². The number of amides is 2. The highest BCUT2D eigenvalue weighted by Gasteiger charge is 2.48. The van der Waals surface area contributed by atoms with Gasteiger partial charge in [-0.1, -0.05) is 17.7 Å². The largest absolute Gasteiger partial charge is 0.492 e. The van der Waals surface area contributed by atoms with Gasteiger partial charge < -0.3 is 15.0 Å². The average molecular weight is 466 g/mol. The first-order valence-electron chi connectivity index (χ1n) is 11.9. The predicted octanol–water partition coefficient (Wildman–Crippen LogP) is 3.92. The number of benzene rings is 2. The van der Waals surface area contributed by atoms with Crippen molar-refractivity contribution in [1.82, 2.24) is 9.80 Å². The number of carbonyl (C=O) groups excluding carboxylic acids is 2. The predicted molar refractivity (Wildman–Crippen MR) is 127 cm³/mol. The fourth-order valence-electron chi connectivity index (χ4n) is 6.12. The lowest BCUT2D eigenvalue weighted by Gasteiger charge is -2.38. The van der Waals surface area contributed by atoms with Crippen LogP contribution in [0.3, 0.4) is 0 Å². The summed E-state index contributed by atoms with van der Waals surface area (Å²) in [5.74, 6) is 1.29. The molecular formula is C26H28ClN3O3. The summed E-state index contributed by atoms with van der Waals surface area (Å²) in [6.07, 6.45) is 4.08. The first-order valence-corrected chi connectivity index (χ1v) is 12.3. The Kier molecular flexibility index (Phi) is 5.11.